The topological polar surface area (TPSA) is 12.0 Å². The minimum Gasteiger partial charge on any atom is -0.388 e. The van der Waals surface area contributed by atoms with Crippen LogP contribution in [0.15, 0.2) is 42.0 Å². The van der Waals surface area contributed by atoms with Crippen molar-refractivity contribution in [2.24, 2.45) is 0 Å². The third-order valence-corrected chi connectivity index (χ3v) is 2.21. The SMILES string of the molecule is C/C=C(C)\C=C/c1ccccc1NC. The van der Waals surface area contributed by atoms with Crippen molar-refractivity contribution in [2.75, 3.05) is 12.4 Å². The third kappa shape index (κ3) is 2.77. The first-order valence-corrected chi connectivity index (χ1v) is 4.85. The van der Waals surface area contributed by atoms with Gasteiger partial charge in [0.2, 0.25) is 0 Å². The molecule has 0 unspecified atom stereocenters. The molecule has 1 aromatic carbocycles. The molecule has 0 amide bonds. The van der Waals surface area contributed by atoms with Crippen molar-refractivity contribution in [3.05, 3.63) is 47.6 Å². The second kappa shape index (κ2) is 5.28. The zero-order valence-corrected chi connectivity index (χ0v) is 9.04. The van der Waals surface area contributed by atoms with Gasteiger partial charge in [-0.15, -0.1) is 0 Å². The maximum absolute atomic E-state index is 3.17. The Hall–Kier alpha value is -1.50. The normalized spacial score (nSPS) is 12.1. The van der Waals surface area contributed by atoms with Gasteiger partial charge in [0, 0.05) is 12.7 Å². The van der Waals surface area contributed by atoms with Crippen molar-refractivity contribution >= 4 is 11.8 Å². The van der Waals surface area contributed by atoms with Crippen LogP contribution in [-0.4, -0.2) is 7.05 Å². The summed E-state index contributed by atoms with van der Waals surface area (Å²) in [5.74, 6) is 0. The molecule has 0 aliphatic rings. The van der Waals surface area contributed by atoms with E-state index in [0.717, 1.165) is 5.69 Å². The minimum atomic E-state index is 1.16. The van der Waals surface area contributed by atoms with Crippen LogP contribution < -0.4 is 5.32 Å². The Labute approximate surface area is 86.2 Å². The molecule has 0 atom stereocenters. The van der Waals surface area contributed by atoms with Crippen molar-refractivity contribution in [1.29, 1.82) is 0 Å². The summed E-state index contributed by atoms with van der Waals surface area (Å²) in [5, 5.41) is 3.17. The number of para-hydroxylation sites is 1. The number of allylic oxidation sites excluding steroid dienone is 3. The van der Waals surface area contributed by atoms with Gasteiger partial charge in [-0.25, -0.2) is 0 Å². The second-order valence-electron chi connectivity index (χ2n) is 3.20. The van der Waals surface area contributed by atoms with Crippen LogP contribution >= 0.6 is 0 Å². The molecule has 0 aliphatic carbocycles. The molecule has 1 nitrogen and oxygen atoms in total. The largest absolute Gasteiger partial charge is 0.388 e. The minimum absolute atomic E-state index is 1.16. The first-order valence-electron chi connectivity index (χ1n) is 4.85. The highest BCUT2D eigenvalue weighted by atomic mass is 14.8. The zero-order chi connectivity index (χ0) is 10.4. The number of benzene rings is 1. The van der Waals surface area contributed by atoms with Crippen LogP contribution in [0.2, 0.25) is 0 Å². The van der Waals surface area contributed by atoms with E-state index in [2.05, 4.69) is 42.6 Å². The molecule has 0 bridgehead atoms. The summed E-state index contributed by atoms with van der Waals surface area (Å²) < 4.78 is 0. The van der Waals surface area contributed by atoms with Gasteiger partial charge in [-0.1, -0.05) is 42.0 Å². The molecule has 0 saturated heterocycles. The Balaban J connectivity index is 2.91. The highest BCUT2D eigenvalue weighted by molar-refractivity contribution is 5.67. The third-order valence-electron chi connectivity index (χ3n) is 2.21. The molecular weight excluding hydrogens is 170 g/mol. The van der Waals surface area contributed by atoms with Gasteiger partial charge in [0.05, 0.1) is 0 Å². The van der Waals surface area contributed by atoms with Crippen LogP contribution in [-0.2, 0) is 0 Å². The first kappa shape index (κ1) is 10.6. The average Bonchev–Trinajstić information content (AvgIpc) is 2.26. The van der Waals surface area contributed by atoms with E-state index in [0.29, 0.717) is 0 Å². The molecule has 0 radical (unpaired) electrons. The smallest absolute Gasteiger partial charge is 0.0411 e. The molecule has 1 N–H and O–H groups in total. The maximum atomic E-state index is 3.17. The van der Waals surface area contributed by atoms with Gasteiger partial charge in [0.25, 0.3) is 0 Å². The summed E-state index contributed by atoms with van der Waals surface area (Å²) in [5.41, 5.74) is 3.65. The molecule has 14 heavy (non-hydrogen) atoms. The van der Waals surface area contributed by atoms with Crippen LogP contribution in [0.5, 0.6) is 0 Å². The van der Waals surface area contributed by atoms with E-state index in [4.69, 9.17) is 0 Å². The van der Waals surface area contributed by atoms with Crippen molar-refractivity contribution in [3.8, 4) is 0 Å². The monoisotopic (exact) mass is 187 g/mol. The molecular formula is C13H17N. The molecule has 0 fully saturated rings. The number of rotatable bonds is 3. The van der Waals surface area contributed by atoms with Gasteiger partial charge >= 0.3 is 0 Å². The summed E-state index contributed by atoms with van der Waals surface area (Å²) in [7, 11) is 1.94. The quantitative estimate of drug-likeness (QED) is 0.711. The lowest BCUT2D eigenvalue weighted by Crippen LogP contribution is -1.90. The predicted molar refractivity (Wildman–Crippen MR) is 64.5 cm³/mol. The summed E-state index contributed by atoms with van der Waals surface area (Å²) in [4.78, 5) is 0. The lowest BCUT2D eigenvalue weighted by molar-refractivity contribution is 1.47. The number of anilines is 1. The van der Waals surface area contributed by atoms with Crippen molar-refractivity contribution in [1.82, 2.24) is 0 Å². The zero-order valence-electron chi connectivity index (χ0n) is 9.04. The molecule has 0 heterocycles. The maximum Gasteiger partial charge on any atom is 0.0411 e. The fourth-order valence-corrected chi connectivity index (χ4v) is 1.19. The van der Waals surface area contributed by atoms with E-state index in [1.165, 1.54) is 11.1 Å². The average molecular weight is 187 g/mol. The predicted octanol–water partition coefficient (Wildman–Crippen LogP) is 3.71. The molecule has 1 heteroatoms. The lowest BCUT2D eigenvalue weighted by Gasteiger charge is -2.03. The number of hydrogen-bond acceptors (Lipinski definition) is 1. The standard InChI is InChI=1S/C13H17N/c1-4-11(2)9-10-12-7-5-6-8-13(12)14-3/h4-10,14H,1-3H3/b10-9-,11-4-. The lowest BCUT2D eigenvalue weighted by atomic mass is 10.1. The van der Waals surface area contributed by atoms with E-state index in [-0.39, 0.29) is 0 Å². The van der Waals surface area contributed by atoms with Gasteiger partial charge in [-0.2, -0.15) is 0 Å². The number of hydrogen-bond donors (Lipinski definition) is 1. The molecule has 0 saturated carbocycles. The Morgan fingerprint density at radius 2 is 2.00 bits per heavy atom. The van der Waals surface area contributed by atoms with Gasteiger partial charge < -0.3 is 5.32 Å². The first-order chi connectivity index (χ1) is 6.77. The highest BCUT2D eigenvalue weighted by Gasteiger charge is 1.93. The van der Waals surface area contributed by atoms with E-state index in [9.17, 15) is 0 Å². The van der Waals surface area contributed by atoms with Crippen LogP contribution in [0, 0.1) is 0 Å². The van der Waals surface area contributed by atoms with Crippen LogP contribution in [0.25, 0.3) is 6.08 Å². The Morgan fingerprint density at radius 3 is 2.64 bits per heavy atom. The molecule has 74 valence electrons. The van der Waals surface area contributed by atoms with Gasteiger partial charge in [0.1, 0.15) is 0 Å². The number of nitrogens with one attached hydrogen (secondary N) is 1. The Morgan fingerprint density at radius 1 is 1.29 bits per heavy atom. The van der Waals surface area contributed by atoms with Crippen molar-refractivity contribution < 1.29 is 0 Å². The van der Waals surface area contributed by atoms with Gasteiger partial charge in [0.15, 0.2) is 0 Å². The summed E-state index contributed by atoms with van der Waals surface area (Å²) in [6.07, 6.45) is 6.34. The van der Waals surface area contributed by atoms with Crippen LogP contribution in [0.1, 0.15) is 19.4 Å². The van der Waals surface area contributed by atoms with E-state index >= 15 is 0 Å². The fourth-order valence-electron chi connectivity index (χ4n) is 1.19. The molecule has 0 spiro atoms. The fraction of sp³-hybridized carbons (Fsp3) is 0.231. The van der Waals surface area contributed by atoms with Gasteiger partial charge in [-0.3, -0.25) is 0 Å². The molecule has 1 aromatic rings. The van der Waals surface area contributed by atoms with E-state index in [1.807, 2.05) is 26.1 Å². The van der Waals surface area contributed by atoms with Crippen molar-refractivity contribution in [3.63, 3.8) is 0 Å². The molecule has 0 aliphatic heterocycles. The molecule has 1 rings (SSSR count). The summed E-state index contributed by atoms with van der Waals surface area (Å²) in [6, 6.07) is 8.26. The molecule has 0 aromatic heterocycles. The van der Waals surface area contributed by atoms with E-state index < -0.39 is 0 Å². The van der Waals surface area contributed by atoms with Crippen molar-refractivity contribution in [2.45, 2.75) is 13.8 Å². The van der Waals surface area contributed by atoms with Gasteiger partial charge in [-0.05, 0) is 25.5 Å². The Bertz CT molecular complexity index is 348. The van der Waals surface area contributed by atoms with Crippen LogP contribution in [0.4, 0.5) is 5.69 Å². The summed E-state index contributed by atoms with van der Waals surface area (Å²) >= 11 is 0. The Kier molecular flexibility index (Phi) is 3.99. The van der Waals surface area contributed by atoms with Crippen LogP contribution in [0.3, 0.4) is 0 Å². The second-order valence-corrected chi connectivity index (χ2v) is 3.20. The summed E-state index contributed by atoms with van der Waals surface area (Å²) in [6.45, 7) is 4.14. The van der Waals surface area contributed by atoms with E-state index in [1.54, 1.807) is 0 Å². The highest BCUT2D eigenvalue weighted by Crippen LogP contribution is 2.16.